The van der Waals surface area contributed by atoms with E-state index in [0.29, 0.717) is 0 Å². The van der Waals surface area contributed by atoms with Crippen LogP contribution in [0, 0.1) is 6.92 Å². The Kier molecular flexibility index (Phi) is 3.98. The van der Waals surface area contributed by atoms with Crippen LogP contribution < -0.4 is 10.3 Å². The second kappa shape index (κ2) is 5.81. The number of nitrogens with zero attached hydrogens (tertiary/aromatic N) is 3. The number of allylic oxidation sites excluding steroid dienone is 1. The highest BCUT2D eigenvalue weighted by Crippen LogP contribution is 2.37. The summed E-state index contributed by atoms with van der Waals surface area (Å²) in [4.78, 5) is 6.64. The fraction of sp³-hybridized carbons (Fsp3) is 0.333. The monoisotopic (exact) mass is 326 g/mol. The van der Waals surface area contributed by atoms with E-state index in [1.54, 1.807) is 11.3 Å². The number of aromatic nitrogens is 1. The van der Waals surface area contributed by atoms with Crippen LogP contribution in [0.5, 0.6) is 0 Å². The molecule has 0 aliphatic carbocycles. The molecule has 0 saturated heterocycles. The first-order valence-electron chi connectivity index (χ1n) is 7.66. The van der Waals surface area contributed by atoms with E-state index in [9.17, 15) is 0 Å². The van der Waals surface area contributed by atoms with Gasteiger partial charge in [-0.3, -0.25) is 5.43 Å². The molecule has 0 spiro atoms. The summed E-state index contributed by atoms with van der Waals surface area (Å²) in [6.45, 7) is 8.61. The zero-order valence-electron chi connectivity index (χ0n) is 14.2. The number of benzene rings is 1. The summed E-state index contributed by atoms with van der Waals surface area (Å²) in [6, 6.07) is 6.45. The number of anilines is 2. The van der Waals surface area contributed by atoms with Gasteiger partial charge in [0.2, 0.25) is 5.13 Å². The van der Waals surface area contributed by atoms with Crippen LogP contribution in [0.15, 0.2) is 34.8 Å². The van der Waals surface area contributed by atoms with Crippen molar-refractivity contribution >= 4 is 33.9 Å². The van der Waals surface area contributed by atoms with E-state index in [1.165, 1.54) is 16.8 Å². The highest BCUT2D eigenvalue weighted by atomic mass is 32.1. The van der Waals surface area contributed by atoms with Crippen molar-refractivity contribution in [2.24, 2.45) is 5.10 Å². The Labute approximate surface area is 141 Å². The Morgan fingerprint density at radius 1 is 1.30 bits per heavy atom. The molecule has 4 nitrogen and oxygen atoms in total. The zero-order chi connectivity index (χ0) is 16.6. The van der Waals surface area contributed by atoms with E-state index in [4.69, 9.17) is 0 Å². The molecule has 1 aromatic carbocycles. The second-order valence-corrected chi connectivity index (χ2v) is 7.34. The molecule has 0 atom stereocenters. The minimum atomic E-state index is 0.0386. The lowest BCUT2D eigenvalue weighted by Gasteiger charge is -2.40. The summed E-state index contributed by atoms with van der Waals surface area (Å²) >= 11 is 1.56. The van der Waals surface area contributed by atoms with Crippen LogP contribution in [-0.4, -0.2) is 23.8 Å². The molecule has 3 rings (SSSR count). The number of thiazole rings is 1. The Morgan fingerprint density at radius 3 is 2.78 bits per heavy atom. The Morgan fingerprint density at radius 2 is 2.09 bits per heavy atom. The van der Waals surface area contributed by atoms with Gasteiger partial charge in [-0.05, 0) is 51.0 Å². The van der Waals surface area contributed by atoms with Crippen LogP contribution in [0.25, 0.3) is 5.57 Å². The number of hydrogen-bond acceptors (Lipinski definition) is 5. The molecular weight excluding hydrogens is 304 g/mol. The van der Waals surface area contributed by atoms with Crippen molar-refractivity contribution in [3.63, 3.8) is 0 Å². The average Bonchev–Trinajstić information content (AvgIpc) is 2.90. The number of hydrazone groups is 1. The predicted molar refractivity (Wildman–Crippen MR) is 101 cm³/mol. The molecule has 1 aliphatic rings. The summed E-state index contributed by atoms with van der Waals surface area (Å²) < 4.78 is 0. The van der Waals surface area contributed by atoms with E-state index in [-0.39, 0.29) is 5.54 Å². The van der Waals surface area contributed by atoms with Gasteiger partial charge in [-0.15, -0.1) is 11.3 Å². The third-order valence-corrected chi connectivity index (χ3v) is 5.10. The van der Waals surface area contributed by atoms with Crippen molar-refractivity contribution in [2.45, 2.75) is 33.2 Å². The quantitative estimate of drug-likeness (QED) is 0.665. The van der Waals surface area contributed by atoms with Crippen molar-refractivity contribution in [3.8, 4) is 0 Å². The Balaban J connectivity index is 1.83. The molecular formula is C18H22N4S. The molecule has 0 fully saturated rings. The fourth-order valence-corrected chi connectivity index (χ4v) is 3.46. The largest absolute Gasteiger partial charge is 0.366 e. The van der Waals surface area contributed by atoms with Crippen molar-refractivity contribution in [2.75, 3.05) is 17.4 Å². The predicted octanol–water partition coefficient (Wildman–Crippen LogP) is 4.53. The number of rotatable bonds is 3. The molecule has 1 N–H and O–H groups in total. The Hall–Kier alpha value is -2.14. The molecule has 1 aromatic heterocycles. The molecule has 1 aliphatic heterocycles. The molecule has 0 amide bonds. The molecule has 2 aromatic rings. The highest BCUT2D eigenvalue weighted by molar-refractivity contribution is 7.13. The van der Waals surface area contributed by atoms with Crippen molar-refractivity contribution in [1.82, 2.24) is 4.98 Å². The summed E-state index contributed by atoms with van der Waals surface area (Å²) in [5, 5.41) is 7.10. The molecule has 0 unspecified atom stereocenters. The van der Waals surface area contributed by atoms with E-state index in [1.807, 2.05) is 18.5 Å². The number of aryl methyl sites for hydroxylation is 1. The van der Waals surface area contributed by atoms with E-state index >= 15 is 0 Å². The third-order valence-electron chi connectivity index (χ3n) is 4.23. The fourth-order valence-electron chi connectivity index (χ4n) is 2.82. The van der Waals surface area contributed by atoms with Crippen LogP contribution in [0.2, 0.25) is 0 Å². The summed E-state index contributed by atoms with van der Waals surface area (Å²) in [7, 11) is 2.14. The van der Waals surface area contributed by atoms with Gasteiger partial charge in [0.15, 0.2) is 0 Å². The molecule has 5 heteroatoms. The van der Waals surface area contributed by atoms with E-state index in [2.05, 4.69) is 72.5 Å². The minimum absolute atomic E-state index is 0.0386. The van der Waals surface area contributed by atoms with Gasteiger partial charge in [0.1, 0.15) is 0 Å². The van der Waals surface area contributed by atoms with Gasteiger partial charge >= 0.3 is 0 Å². The van der Waals surface area contributed by atoms with E-state index < -0.39 is 0 Å². The number of hydrogen-bond donors (Lipinski definition) is 1. The zero-order valence-corrected chi connectivity index (χ0v) is 15.0. The lowest BCUT2D eigenvalue weighted by atomic mass is 9.89. The maximum Gasteiger partial charge on any atom is 0.203 e. The lowest BCUT2D eigenvalue weighted by Crippen LogP contribution is -2.42. The van der Waals surface area contributed by atoms with Crippen LogP contribution in [0.4, 0.5) is 10.8 Å². The summed E-state index contributed by atoms with van der Waals surface area (Å²) in [5.41, 5.74) is 8.93. The van der Waals surface area contributed by atoms with Gasteiger partial charge in [-0.1, -0.05) is 12.1 Å². The SMILES string of the molecule is CC1=CC(C)(C)N(C)c2ccc(C=NNc3nc(C)cs3)cc21. The first kappa shape index (κ1) is 15.7. The van der Waals surface area contributed by atoms with Gasteiger partial charge in [0.25, 0.3) is 0 Å². The molecule has 0 bridgehead atoms. The van der Waals surface area contributed by atoms with Crippen molar-refractivity contribution in [3.05, 3.63) is 46.5 Å². The maximum atomic E-state index is 4.33. The second-order valence-electron chi connectivity index (χ2n) is 6.48. The highest BCUT2D eigenvalue weighted by Gasteiger charge is 2.28. The van der Waals surface area contributed by atoms with Crippen molar-refractivity contribution < 1.29 is 0 Å². The van der Waals surface area contributed by atoms with Gasteiger partial charge in [0, 0.05) is 23.7 Å². The van der Waals surface area contributed by atoms with Gasteiger partial charge in [-0.25, -0.2) is 4.98 Å². The van der Waals surface area contributed by atoms with Crippen LogP contribution >= 0.6 is 11.3 Å². The molecule has 0 radical (unpaired) electrons. The number of likely N-dealkylation sites (N-methyl/N-ethyl adjacent to an activating group) is 1. The van der Waals surface area contributed by atoms with Crippen LogP contribution in [0.3, 0.4) is 0 Å². The molecule has 23 heavy (non-hydrogen) atoms. The lowest BCUT2D eigenvalue weighted by molar-refractivity contribution is 0.598. The summed E-state index contributed by atoms with van der Waals surface area (Å²) in [5.74, 6) is 0. The number of nitrogens with one attached hydrogen (secondary N) is 1. The average molecular weight is 326 g/mol. The van der Waals surface area contributed by atoms with Gasteiger partial charge in [0.05, 0.1) is 17.4 Å². The Bertz CT molecular complexity index is 786. The standard InChI is InChI=1S/C18H22N4S/c1-12-9-18(3,4)22(5)16-7-6-14(8-15(12)16)10-19-21-17-20-13(2)11-23-17/h6-11H,1-5H3,(H,20,21). The van der Waals surface area contributed by atoms with Gasteiger partial charge < -0.3 is 4.90 Å². The first-order valence-corrected chi connectivity index (χ1v) is 8.54. The third kappa shape index (κ3) is 3.15. The normalized spacial score (nSPS) is 16.4. The molecule has 120 valence electrons. The number of fused-ring (bicyclic) bond motifs is 1. The maximum absolute atomic E-state index is 4.33. The van der Waals surface area contributed by atoms with E-state index in [0.717, 1.165) is 16.4 Å². The topological polar surface area (TPSA) is 40.5 Å². The smallest absolute Gasteiger partial charge is 0.203 e. The van der Waals surface area contributed by atoms with Crippen molar-refractivity contribution in [1.29, 1.82) is 0 Å². The van der Waals surface area contributed by atoms with Crippen LogP contribution in [-0.2, 0) is 0 Å². The van der Waals surface area contributed by atoms with Gasteiger partial charge in [-0.2, -0.15) is 5.10 Å². The minimum Gasteiger partial charge on any atom is -0.366 e. The molecule has 0 saturated carbocycles. The molecule has 2 heterocycles. The first-order chi connectivity index (χ1) is 10.9. The summed E-state index contributed by atoms with van der Waals surface area (Å²) in [6.07, 6.45) is 4.15. The van der Waals surface area contributed by atoms with Crippen LogP contribution in [0.1, 0.15) is 37.6 Å².